The third-order valence-electron chi connectivity index (χ3n) is 11.7. The van der Waals surface area contributed by atoms with Crippen molar-refractivity contribution < 1.29 is 44.8 Å². The van der Waals surface area contributed by atoms with E-state index in [1.807, 2.05) is 54.6 Å². The van der Waals surface area contributed by atoms with Crippen molar-refractivity contribution in [2.75, 3.05) is 0 Å². The minimum Gasteiger partial charge on any atom is -0.508 e. The highest BCUT2D eigenvalue weighted by Crippen LogP contribution is 2.65. The van der Waals surface area contributed by atoms with Crippen LogP contribution in [0.5, 0.6) is 34.5 Å². The summed E-state index contributed by atoms with van der Waals surface area (Å²) in [7, 11) is 0. The third-order valence-corrected chi connectivity index (χ3v) is 11.7. The van der Waals surface area contributed by atoms with Gasteiger partial charge in [-0.25, -0.2) is 19.9 Å². The number of aliphatic hydroxyl groups excluding tert-OH is 1. The quantitative estimate of drug-likeness (QED) is 0.133. The van der Waals surface area contributed by atoms with Gasteiger partial charge in [0.15, 0.2) is 0 Å². The van der Waals surface area contributed by atoms with Crippen molar-refractivity contribution in [1.29, 1.82) is 0 Å². The molecule has 54 heavy (non-hydrogen) atoms. The first-order valence-electron chi connectivity index (χ1n) is 17.8. The lowest BCUT2D eigenvalue weighted by Crippen LogP contribution is -2.67. The Morgan fingerprint density at radius 1 is 0.685 bits per heavy atom. The maximum Gasteiger partial charge on any atom is 0.221 e. The fourth-order valence-electron chi connectivity index (χ4n) is 9.59. The molecular weight excluding hydrogens is 692 g/mol. The number of aromatic hydroxyl groups is 4. The minimum absolute atomic E-state index is 0.0397. The summed E-state index contributed by atoms with van der Waals surface area (Å²) >= 11 is 0. The van der Waals surface area contributed by atoms with Crippen molar-refractivity contribution in [1.82, 2.24) is 19.9 Å². The van der Waals surface area contributed by atoms with E-state index in [2.05, 4.69) is 0 Å². The summed E-state index contributed by atoms with van der Waals surface area (Å²) in [6, 6.07) is 20.2. The second-order valence-corrected chi connectivity index (χ2v) is 15.0. The highest BCUT2D eigenvalue weighted by atomic mass is 16.7. The van der Waals surface area contributed by atoms with Gasteiger partial charge in [0.2, 0.25) is 5.79 Å². The van der Waals surface area contributed by atoms with Gasteiger partial charge in [0.1, 0.15) is 58.5 Å². The van der Waals surface area contributed by atoms with Crippen LogP contribution in [0.1, 0.15) is 39.8 Å². The Hall–Kier alpha value is -6.02. The number of aliphatic hydroxyl groups is 2. The van der Waals surface area contributed by atoms with Gasteiger partial charge in [-0.05, 0) is 29.8 Å². The molecule has 4 aromatic carbocycles. The number of aromatic nitrogens is 4. The molecule has 6 N–H and O–H groups in total. The summed E-state index contributed by atoms with van der Waals surface area (Å²) in [5.41, 5.74) is 4.30. The first kappa shape index (κ1) is 31.5. The van der Waals surface area contributed by atoms with Crippen LogP contribution in [0.15, 0.2) is 84.4 Å². The number of ether oxygens (including phenoxy) is 3. The maximum atomic E-state index is 13.4. The summed E-state index contributed by atoms with van der Waals surface area (Å²) < 4.78 is 20.2. The molecule has 5 aliphatic rings. The predicted octanol–water partition coefficient (Wildman–Crippen LogP) is 4.12. The van der Waals surface area contributed by atoms with Gasteiger partial charge in [-0.3, -0.25) is 0 Å². The molecule has 13 nitrogen and oxygen atoms in total. The van der Waals surface area contributed by atoms with E-state index < -0.39 is 41.5 Å². The molecule has 0 spiro atoms. The molecular formula is C41H32N4O9. The van der Waals surface area contributed by atoms with Gasteiger partial charge in [0, 0.05) is 66.5 Å². The van der Waals surface area contributed by atoms with Gasteiger partial charge in [0.25, 0.3) is 0 Å². The van der Waals surface area contributed by atoms with E-state index in [1.54, 1.807) is 0 Å². The molecule has 2 bridgehead atoms. The molecule has 0 radical (unpaired) electrons. The van der Waals surface area contributed by atoms with Crippen LogP contribution in [0.3, 0.4) is 0 Å². The second kappa shape index (κ2) is 10.8. The number of para-hydroxylation sites is 4. The van der Waals surface area contributed by atoms with Crippen LogP contribution in [0.25, 0.3) is 22.1 Å². The molecule has 2 aliphatic carbocycles. The summed E-state index contributed by atoms with van der Waals surface area (Å²) in [4.78, 5) is 20.3. The fraction of sp³-hybridized carbons (Fsp3) is 0.268. The number of phenols is 4. The van der Waals surface area contributed by atoms with E-state index in [0.717, 1.165) is 0 Å². The summed E-state index contributed by atoms with van der Waals surface area (Å²) in [6.07, 6.45) is -1.29. The van der Waals surface area contributed by atoms with Gasteiger partial charge in [-0.2, -0.15) is 0 Å². The van der Waals surface area contributed by atoms with Crippen LogP contribution >= 0.6 is 0 Å². The molecule has 3 aliphatic heterocycles. The number of hydrogen-bond acceptors (Lipinski definition) is 13. The number of rotatable bonds is 1. The highest BCUT2D eigenvalue weighted by molar-refractivity contribution is 5.76. The third kappa shape index (κ3) is 4.31. The molecule has 0 saturated carbocycles. The lowest BCUT2D eigenvalue weighted by molar-refractivity contribution is -0.333. The van der Waals surface area contributed by atoms with Crippen LogP contribution in [0, 0.1) is 5.41 Å². The van der Waals surface area contributed by atoms with E-state index >= 15 is 0 Å². The molecule has 1 fully saturated rings. The normalized spacial score (nSPS) is 28.9. The zero-order valence-corrected chi connectivity index (χ0v) is 28.4. The Morgan fingerprint density at radius 2 is 1.28 bits per heavy atom. The summed E-state index contributed by atoms with van der Waals surface area (Å²) in [6.45, 7) is 0. The average molecular weight is 725 g/mol. The standard InChI is InChI=1S/C41H32N4O9/c46-19-10-29(48)21-14-31(50)36(52-32(21)12-19)18-9-27-35(44-25-7-3-1-5-23(25)42-27)37-40(16-18)17-28-38(45-26-8-4-2-6-24(26)43-28)41(37,51)54-34-15-22-30(49)11-20(47)13-33(22)53-39(34)40/h1-8,10-13,16,31,34,36-37,39,46-51H,9,14-15,17H2/t31-,34-,36-,37+,39+,40-,41-/m1/s1. The Morgan fingerprint density at radius 3 is 1.96 bits per heavy atom. The SMILES string of the molecule is Oc1cc(O)c2c(c1)O[C@H](C1=C[C@]34Cc5nc6ccccc6nc5[C@](O)(O[C@@H]5Cc6c(O)cc(O)cc6O[C@@H]53)[C@H]4c3nc4ccccc4nc3C1)[C@H](O)C2. The number of hydrogen-bond donors (Lipinski definition) is 6. The number of nitrogens with zero attached hydrogens (tertiary/aromatic N) is 4. The van der Waals surface area contributed by atoms with E-state index in [9.17, 15) is 30.6 Å². The van der Waals surface area contributed by atoms with Crippen LogP contribution in [-0.2, 0) is 36.2 Å². The lowest BCUT2D eigenvalue weighted by atomic mass is 9.56. The topological polar surface area (TPSA) is 201 Å². The molecule has 270 valence electrons. The van der Waals surface area contributed by atoms with Crippen LogP contribution < -0.4 is 9.47 Å². The van der Waals surface area contributed by atoms with E-state index in [4.69, 9.17) is 34.1 Å². The summed E-state index contributed by atoms with van der Waals surface area (Å²) in [5.74, 6) is -3.34. The van der Waals surface area contributed by atoms with Crippen LogP contribution in [-0.4, -0.2) is 75.0 Å². The molecule has 13 heteroatoms. The molecule has 6 aromatic rings. The maximum absolute atomic E-state index is 13.4. The first-order chi connectivity index (χ1) is 26.1. The second-order valence-electron chi connectivity index (χ2n) is 15.0. The largest absolute Gasteiger partial charge is 0.508 e. The molecule has 1 saturated heterocycles. The number of phenolic OH excluding ortho intramolecular Hbond substituents is 4. The first-order valence-corrected chi connectivity index (χ1v) is 17.8. The monoisotopic (exact) mass is 724 g/mol. The average Bonchev–Trinajstić information content (AvgIpc) is 3.28. The number of benzene rings is 4. The molecule has 0 unspecified atom stereocenters. The highest BCUT2D eigenvalue weighted by Gasteiger charge is 2.70. The Bertz CT molecular complexity index is 2650. The Kier molecular flexibility index (Phi) is 6.29. The molecule has 11 rings (SSSR count). The van der Waals surface area contributed by atoms with E-state index in [1.165, 1.54) is 24.3 Å². The minimum atomic E-state index is -2.13. The zero-order chi connectivity index (χ0) is 36.7. The van der Waals surface area contributed by atoms with E-state index in [-0.39, 0.29) is 65.9 Å². The lowest BCUT2D eigenvalue weighted by Gasteiger charge is -2.60. The molecule has 7 atom stereocenters. The van der Waals surface area contributed by atoms with Crippen molar-refractivity contribution in [3.05, 3.63) is 118 Å². The van der Waals surface area contributed by atoms with Gasteiger partial charge >= 0.3 is 0 Å². The van der Waals surface area contributed by atoms with Crippen molar-refractivity contribution >= 4 is 22.1 Å². The van der Waals surface area contributed by atoms with Crippen molar-refractivity contribution in [2.24, 2.45) is 5.41 Å². The van der Waals surface area contributed by atoms with Crippen molar-refractivity contribution in [3.8, 4) is 34.5 Å². The van der Waals surface area contributed by atoms with Crippen LogP contribution in [0.4, 0.5) is 0 Å². The smallest absolute Gasteiger partial charge is 0.221 e. The molecule has 5 heterocycles. The fourth-order valence-corrected chi connectivity index (χ4v) is 9.59. The van der Waals surface area contributed by atoms with E-state index in [0.29, 0.717) is 55.8 Å². The number of fused-ring (bicyclic) bond motifs is 8. The zero-order valence-electron chi connectivity index (χ0n) is 28.4. The van der Waals surface area contributed by atoms with Gasteiger partial charge in [-0.1, -0.05) is 30.3 Å². The van der Waals surface area contributed by atoms with Gasteiger partial charge < -0.3 is 44.8 Å². The van der Waals surface area contributed by atoms with Gasteiger partial charge in [0.05, 0.1) is 51.2 Å². The predicted molar refractivity (Wildman–Crippen MR) is 190 cm³/mol. The molecule has 2 aromatic heterocycles. The Labute approximate surface area is 306 Å². The summed E-state index contributed by atoms with van der Waals surface area (Å²) in [5, 5.41) is 67.7. The van der Waals surface area contributed by atoms with Gasteiger partial charge in [-0.15, -0.1) is 0 Å². The molecule has 0 amide bonds. The Balaban J connectivity index is 1.21. The van der Waals surface area contributed by atoms with Crippen LogP contribution in [0.2, 0.25) is 0 Å². The van der Waals surface area contributed by atoms with Crippen molar-refractivity contribution in [3.63, 3.8) is 0 Å². The van der Waals surface area contributed by atoms with Crippen molar-refractivity contribution in [2.45, 2.75) is 61.8 Å².